The molecule has 0 unspecified atom stereocenters. The van der Waals surface area contributed by atoms with Gasteiger partial charge in [0.05, 0.1) is 12.0 Å². The number of carbonyl (C=O) groups excluding carboxylic acids is 1. The summed E-state index contributed by atoms with van der Waals surface area (Å²) >= 11 is 0. The third-order valence-corrected chi connectivity index (χ3v) is 2.81. The Balaban J connectivity index is 2.75. The molecule has 104 valence electrons. The second-order valence-electron chi connectivity index (χ2n) is 5.04. The van der Waals surface area contributed by atoms with Crippen LogP contribution in [-0.4, -0.2) is 34.2 Å². The van der Waals surface area contributed by atoms with Gasteiger partial charge >= 0.3 is 5.97 Å². The van der Waals surface area contributed by atoms with Gasteiger partial charge in [-0.2, -0.15) is 0 Å². The van der Waals surface area contributed by atoms with Crippen molar-refractivity contribution >= 4 is 11.9 Å². The molecule has 0 fully saturated rings. The van der Waals surface area contributed by atoms with Crippen molar-refractivity contribution in [2.45, 2.75) is 32.2 Å². The van der Waals surface area contributed by atoms with Crippen LogP contribution in [0.5, 0.6) is 0 Å². The third kappa shape index (κ3) is 4.71. The highest BCUT2D eigenvalue weighted by atomic mass is 16.4. The number of carboxylic acids is 1. The van der Waals surface area contributed by atoms with Crippen LogP contribution in [0.15, 0.2) is 24.3 Å². The highest BCUT2D eigenvalue weighted by Crippen LogP contribution is 2.12. The standard InChI is InChI=1S/C14H19NO4/c1-14(2,7-8-16)15-12(17)9-10-5-3-4-6-11(10)13(18)19/h3-6,16H,7-9H2,1-2H3,(H,15,17)(H,18,19). The average molecular weight is 265 g/mol. The predicted molar refractivity (Wildman–Crippen MR) is 71.0 cm³/mol. The minimum absolute atomic E-state index is 0.0112. The topological polar surface area (TPSA) is 86.6 Å². The average Bonchev–Trinajstić information content (AvgIpc) is 2.28. The van der Waals surface area contributed by atoms with Gasteiger partial charge < -0.3 is 15.5 Å². The SMILES string of the molecule is CC(C)(CCO)NC(=O)Cc1ccccc1C(=O)O. The lowest BCUT2D eigenvalue weighted by Crippen LogP contribution is -2.44. The fraction of sp³-hybridized carbons (Fsp3) is 0.429. The third-order valence-electron chi connectivity index (χ3n) is 2.81. The zero-order chi connectivity index (χ0) is 14.5. The first-order valence-electron chi connectivity index (χ1n) is 6.09. The highest BCUT2D eigenvalue weighted by Gasteiger charge is 2.20. The number of nitrogens with one attached hydrogen (secondary N) is 1. The quantitative estimate of drug-likeness (QED) is 0.721. The molecular weight excluding hydrogens is 246 g/mol. The Hall–Kier alpha value is -1.88. The highest BCUT2D eigenvalue weighted by molar-refractivity contribution is 5.91. The molecule has 0 aliphatic rings. The number of hydrogen-bond donors (Lipinski definition) is 3. The summed E-state index contributed by atoms with van der Waals surface area (Å²) in [6.45, 7) is 3.60. The molecule has 0 atom stereocenters. The Bertz CT molecular complexity index is 468. The molecule has 0 radical (unpaired) electrons. The Kier molecular flexibility index (Phi) is 5.06. The van der Waals surface area contributed by atoms with Crippen LogP contribution in [0.4, 0.5) is 0 Å². The lowest BCUT2D eigenvalue weighted by atomic mass is 9.99. The van der Waals surface area contributed by atoms with Gasteiger partial charge in [0, 0.05) is 12.1 Å². The second kappa shape index (κ2) is 6.33. The molecule has 19 heavy (non-hydrogen) atoms. The van der Waals surface area contributed by atoms with E-state index in [9.17, 15) is 9.59 Å². The Morgan fingerprint density at radius 2 is 1.89 bits per heavy atom. The minimum Gasteiger partial charge on any atom is -0.478 e. The first kappa shape index (κ1) is 15.2. The van der Waals surface area contributed by atoms with Crippen LogP contribution >= 0.6 is 0 Å². The van der Waals surface area contributed by atoms with Gasteiger partial charge in [-0.25, -0.2) is 4.79 Å². The van der Waals surface area contributed by atoms with Gasteiger partial charge in [-0.05, 0) is 31.9 Å². The van der Waals surface area contributed by atoms with Crippen LogP contribution in [0.2, 0.25) is 0 Å². The van der Waals surface area contributed by atoms with Crippen molar-refractivity contribution < 1.29 is 19.8 Å². The maximum absolute atomic E-state index is 11.9. The minimum atomic E-state index is -1.04. The van der Waals surface area contributed by atoms with Crippen LogP contribution in [-0.2, 0) is 11.2 Å². The Morgan fingerprint density at radius 1 is 1.26 bits per heavy atom. The van der Waals surface area contributed by atoms with E-state index in [1.807, 2.05) is 13.8 Å². The van der Waals surface area contributed by atoms with Gasteiger partial charge in [0.25, 0.3) is 0 Å². The van der Waals surface area contributed by atoms with E-state index in [-0.39, 0.29) is 24.5 Å². The molecule has 1 aromatic carbocycles. The molecule has 1 rings (SSSR count). The van der Waals surface area contributed by atoms with Gasteiger partial charge in [-0.1, -0.05) is 18.2 Å². The first-order chi connectivity index (χ1) is 8.85. The van der Waals surface area contributed by atoms with E-state index in [0.717, 1.165) is 0 Å². The Labute approximate surface area is 112 Å². The number of aliphatic hydroxyl groups is 1. The number of aliphatic hydroxyl groups excluding tert-OH is 1. The summed E-state index contributed by atoms with van der Waals surface area (Å²) in [5.74, 6) is -1.30. The zero-order valence-corrected chi connectivity index (χ0v) is 11.1. The predicted octanol–water partition coefficient (Wildman–Crippen LogP) is 1.20. The molecule has 5 heteroatoms. The van der Waals surface area contributed by atoms with E-state index in [1.165, 1.54) is 6.07 Å². The van der Waals surface area contributed by atoms with Crippen LogP contribution in [0, 0.1) is 0 Å². The van der Waals surface area contributed by atoms with E-state index in [4.69, 9.17) is 10.2 Å². The Morgan fingerprint density at radius 3 is 2.47 bits per heavy atom. The fourth-order valence-corrected chi connectivity index (χ4v) is 1.82. The van der Waals surface area contributed by atoms with Crippen molar-refractivity contribution in [1.29, 1.82) is 0 Å². The maximum Gasteiger partial charge on any atom is 0.335 e. The van der Waals surface area contributed by atoms with Crippen LogP contribution in [0.3, 0.4) is 0 Å². The van der Waals surface area contributed by atoms with E-state index in [1.54, 1.807) is 18.2 Å². The van der Waals surface area contributed by atoms with Crippen molar-refractivity contribution in [2.24, 2.45) is 0 Å². The summed E-state index contributed by atoms with van der Waals surface area (Å²) < 4.78 is 0. The van der Waals surface area contributed by atoms with E-state index < -0.39 is 11.5 Å². The summed E-state index contributed by atoms with van der Waals surface area (Å²) in [6.07, 6.45) is 0.455. The van der Waals surface area contributed by atoms with Crippen LogP contribution in [0.1, 0.15) is 36.2 Å². The molecule has 0 aliphatic carbocycles. The normalized spacial score (nSPS) is 11.1. The molecule has 1 amide bonds. The van der Waals surface area contributed by atoms with E-state index >= 15 is 0 Å². The number of aromatic carboxylic acids is 1. The number of benzene rings is 1. The number of carboxylic acid groups (broad SMARTS) is 1. The summed E-state index contributed by atoms with van der Waals surface area (Å²) in [5, 5.41) is 20.7. The lowest BCUT2D eigenvalue weighted by Gasteiger charge is -2.25. The smallest absolute Gasteiger partial charge is 0.335 e. The van der Waals surface area contributed by atoms with Crippen LogP contribution in [0.25, 0.3) is 0 Å². The summed E-state index contributed by atoms with van der Waals surface area (Å²) in [7, 11) is 0. The van der Waals surface area contributed by atoms with Gasteiger partial charge in [0.1, 0.15) is 0 Å². The summed E-state index contributed by atoms with van der Waals surface area (Å²) in [6, 6.07) is 6.43. The molecule has 0 bridgehead atoms. The maximum atomic E-state index is 11.9. The zero-order valence-electron chi connectivity index (χ0n) is 11.1. The molecule has 0 saturated carbocycles. The second-order valence-corrected chi connectivity index (χ2v) is 5.04. The molecule has 1 aromatic rings. The molecule has 0 aliphatic heterocycles. The van der Waals surface area contributed by atoms with E-state index in [0.29, 0.717) is 12.0 Å². The van der Waals surface area contributed by atoms with Gasteiger partial charge in [0.2, 0.25) is 5.91 Å². The lowest BCUT2D eigenvalue weighted by molar-refractivity contribution is -0.122. The van der Waals surface area contributed by atoms with Crippen LogP contribution < -0.4 is 5.32 Å². The van der Waals surface area contributed by atoms with Crippen molar-refractivity contribution in [2.75, 3.05) is 6.61 Å². The molecule has 0 spiro atoms. The number of carbonyl (C=O) groups is 2. The molecule has 5 nitrogen and oxygen atoms in total. The fourth-order valence-electron chi connectivity index (χ4n) is 1.82. The molecule has 0 aromatic heterocycles. The summed E-state index contributed by atoms with van der Waals surface area (Å²) in [4.78, 5) is 22.9. The van der Waals surface area contributed by atoms with Gasteiger partial charge in [-0.3, -0.25) is 4.79 Å². The van der Waals surface area contributed by atoms with E-state index in [2.05, 4.69) is 5.32 Å². The van der Waals surface area contributed by atoms with Gasteiger partial charge in [-0.15, -0.1) is 0 Å². The number of hydrogen-bond acceptors (Lipinski definition) is 3. The summed E-state index contributed by atoms with van der Waals surface area (Å²) in [5.41, 5.74) is 0.106. The molecule has 0 heterocycles. The van der Waals surface area contributed by atoms with Crippen molar-refractivity contribution in [3.63, 3.8) is 0 Å². The number of rotatable bonds is 6. The molecular formula is C14H19NO4. The van der Waals surface area contributed by atoms with Crippen molar-refractivity contribution in [3.8, 4) is 0 Å². The molecule has 0 saturated heterocycles. The largest absolute Gasteiger partial charge is 0.478 e. The van der Waals surface area contributed by atoms with Crippen molar-refractivity contribution in [1.82, 2.24) is 5.32 Å². The number of amides is 1. The molecule has 3 N–H and O–H groups in total. The monoisotopic (exact) mass is 265 g/mol. The van der Waals surface area contributed by atoms with Gasteiger partial charge in [0.15, 0.2) is 0 Å². The first-order valence-corrected chi connectivity index (χ1v) is 6.09. The van der Waals surface area contributed by atoms with Crippen molar-refractivity contribution in [3.05, 3.63) is 35.4 Å².